The molecule has 1 aromatic heterocycles. The van der Waals surface area contributed by atoms with Crippen LogP contribution in [0.25, 0.3) is 0 Å². The molecule has 0 atom stereocenters. The predicted octanol–water partition coefficient (Wildman–Crippen LogP) is 3.44. The molecule has 0 aliphatic heterocycles. The first kappa shape index (κ1) is 12.8. The van der Waals surface area contributed by atoms with E-state index in [1.54, 1.807) is 6.07 Å². The Bertz CT molecular complexity index is 561. The highest BCUT2D eigenvalue weighted by Crippen LogP contribution is 2.23. The summed E-state index contributed by atoms with van der Waals surface area (Å²) in [4.78, 5) is 3.93. The normalized spacial score (nSPS) is 10.4. The van der Waals surface area contributed by atoms with Gasteiger partial charge < -0.3 is 10.4 Å². The van der Waals surface area contributed by atoms with Crippen molar-refractivity contribution < 1.29 is 13.9 Å². The van der Waals surface area contributed by atoms with E-state index in [0.717, 1.165) is 12.1 Å². The number of hydrogen-bond donors (Lipinski definition) is 2. The number of benzene rings is 1. The summed E-state index contributed by atoms with van der Waals surface area (Å²) in [5, 5.41) is 11.8. The van der Waals surface area contributed by atoms with Crippen LogP contribution >= 0.6 is 15.9 Å². The lowest BCUT2D eigenvalue weighted by Gasteiger charge is -2.08. The molecule has 1 heterocycles. The van der Waals surface area contributed by atoms with Gasteiger partial charge in [-0.1, -0.05) is 0 Å². The number of halogens is 3. The van der Waals surface area contributed by atoms with Crippen molar-refractivity contribution in [2.24, 2.45) is 0 Å². The SMILES string of the molecule is Oc1ccc(CNc2cc(F)c(Br)cc2F)nc1. The van der Waals surface area contributed by atoms with Crippen LogP contribution in [-0.2, 0) is 6.54 Å². The zero-order chi connectivity index (χ0) is 13.1. The number of nitrogens with one attached hydrogen (secondary N) is 1. The van der Waals surface area contributed by atoms with Crippen LogP contribution in [0, 0.1) is 11.6 Å². The van der Waals surface area contributed by atoms with E-state index in [4.69, 9.17) is 5.11 Å². The van der Waals surface area contributed by atoms with E-state index in [-0.39, 0.29) is 22.5 Å². The van der Waals surface area contributed by atoms with Crippen molar-refractivity contribution in [1.29, 1.82) is 0 Å². The van der Waals surface area contributed by atoms with Gasteiger partial charge in [0.15, 0.2) is 0 Å². The minimum atomic E-state index is -0.554. The van der Waals surface area contributed by atoms with Crippen LogP contribution in [0.2, 0.25) is 0 Å². The van der Waals surface area contributed by atoms with Crippen molar-refractivity contribution in [3.05, 3.63) is 52.3 Å². The summed E-state index contributed by atoms with van der Waals surface area (Å²) in [6.45, 7) is 0.234. The van der Waals surface area contributed by atoms with E-state index in [1.165, 1.54) is 12.3 Å². The number of hydrogen-bond acceptors (Lipinski definition) is 3. The van der Waals surface area contributed by atoms with Crippen LogP contribution in [-0.4, -0.2) is 10.1 Å². The van der Waals surface area contributed by atoms with E-state index in [2.05, 4.69) is 26.2 Å². The lowest BCUT2D eigenvalue weighted by molar-refractivity contribution is 0.472. The Kier molecular flexibility index (Phi) is 3.76. The molecule has 0 radical (unpaired) electrons. The summed E-state index contributed by atoms with van der Waals surface area (Å²) in [5.74, 6) is -1.04. The molecule has 3 nitrogen and oxygen atoms in total. The van der Waals surface area contributed by atoms with Crippen molar-refractivity contribution in [3.8, 4) is 5.75 Å². The van der Waals surface area contributed by atoms with E-state index < -0.39 is 11.6 Å². The lowest BCUT2D eigenvalue weighted by Crippen LogP contribution is -2.03. The van der Waals surface area contributed by atoms with Gasteiger partial charge in [-0.2, -0.15) is 0 Å². The second-order valence-electron chi connectivity index (χ2n) is 3.61. The lowest BCUT2D eigenvalue weighted by atomic mass is 10.2. The molecule has 0 saturated carbocycles. The summed E-state index contributed by atoms with van der Waals surface area (Å²) in [7, 11) is 0. The molecule has 0 bridgehead atoms. The molecule has 2 rings (SSSR count). The van der Waals surface area contributed by atoms with Gasteiger partial charge in [-0.3, -0.25) is 4.98 Å². The molecule has 0 aliphatic rings. The van der Waals surface area contributed by atoms with E-state index in [9.17, 15) is 8.78 Å². The number of rotatable bonds is 3. The Morgan fingerprint density at radius 2 is 2.00 bits per heavy atom. The van der Waals surface area contributed by atoms with Gasteiger partial charge in [-0.15, -0.1) is 0 Å². The maximum atomic E-state index is 13.5. The summed E-state index contributed by atoms with van der Waals surface area (Å²) in [5.41, 5.74) is 0.668. The Morgan fingerprint density at radius 1 is 1.22 bits per heavy atom. The van der Waals surface area contributed by atoms with Gasteiger partial charge in [0.05, 0.1) is 28.6 Å². The van der Waals surface area contributed by atoms with Gasteiger partial charge >= 0.3 is 0 Å². The van der Waals surface area contributed by atoms with E-state index >= 15 is 0 Å². The van der Waals surface area contributed by atoms with Gasteiger partial charge in [-0.25, -0.2) is 8.78 Å². The standard InChI is InChI=1S/C12H9BrF2N2O/c13-9-3-11(15)12(4-10(9)14)17-5-7-1-2-8(18)6-16-7/h1-4,6,17-18H,5H2. The predicted molar refractivity (Wildman–Crippen MR) is 67.3 cm³/mol. The second kappa shape index (κ2) is 5.30. The fourth-order valence-electron chi connectivity index (χ4n) is 1.37. The largest absolute Gasteiger partial charge is 0.506 e. The number of pyridine rings is 1. The molecule has 0 amide bonds. The quantitative estimate of drug-likeness (QED) is 0.853. The van der Waals surface area contributed by atoms with Crippen LogP contribution in [0.15, 0.2) is 34.9 Å². The highest BCUT2D eigenvalue weighted by Gasteiger charge is 2.08. The van der Waals surface area contributed by atoms with E-state index in [0.29, 0.717) is 5.69 Å². The zero-order valence-corrected chi connectivity index (χ0v) is 10.7. The molecule has 0 spiro atoms. The monoisotopic (exact) mass is 314 g/mol. The number of aromatic hydroxyl groups is 1. The van der Waals surface area contributed by atoms with Crippen molar-refractivity contribution in [1.82, 2.24) is 4.98 Å². The molecule has 0 aliphatic carbocycles. The zero-order valence-electron chi connectivity index (χ0n) is 9.12. The highest BCUT2D eigenvalue weighted by molar-refractivity contribution is 9.10. The average molecular weight is 315 g/mol. The minimum Gasteiger partial charge on any atom is -0.506 e. The minimum absolute atomic E-state index is 0.0552. The molecule has 18 heavy (non-hydrogen) atoms. The molecule has 94 valence electrons. The molecule has 2 aromatic rings. The average Bonchev–Trinajstić information content (AvgIpc) is 2.34. The van der Waals surface area contributed by atoms with Crippen molar-refractivity contribution >= 4 is 21.6 Å². The van der Waals surface area contributed by atoms with Crippen LogP contribution in [0.3, 0.4) is 0 Å². The Balaban J connectivity index is 2.10. The summed E-state index contributed by atoms with van der Waals surface area (Å²) < 4.78 is 26.8. The highest BCUT2D eigenvalue weighted by atomic mass is 79.9. The fourth-order valence-corrected chi connectivity index (χ4v) is 1.68. The molecule has 0 saturated heterocycles. The summed E-state index contributed by atoms with van der Waals surface area (Å²) in [6, 6.07) is 5.19. The van der Waals surface area contributed by atoms with Crippen LogP contribution in [0.4, 0.5) is 14.5 Å². The van der Waals surface area contributed by atoms with E-state index in [1.807, 2.05) is 0 Å². The summed E-state index contributed by atoms with van der Waals surface area (Å²) in [6.07, 6.45) is 1.29. The Morgan fingerprint density at radius 3 is 2.67 bits per heavy atom. The third-order valence-electron chi connectivity index (χ3n) is 2.28. The van der Waals surface area contributed by atoms with Gasteiger partial charge in [0.25, 0.3) is 0 Å². The van der Waals surface area contributed by atoms with Crippen LogP contribution < -0.4 is 5.32 Å². The van der Waals surface area contributed by atoms with Gasteiger partial charge in [0.1, 0.15) is 17.4 Å². The Hall–Kier alpha value is -1.69. The molecule has 6 heteroatoms. The maximum absolute atomic E-state index is 13.5. The molecular weight excluding hydrogens is 306 g/mol. The number of nitrogens with zero attached hydrogens (tertiary/aromatic N) is 1. The molecular formula is C12H9BrF2N2O. The van der Waals surface area contributed by atoms with Gasteiger partial charge in [0, 0.05) is 6.07 Å². The van der Waals surface area contributed by atoms with Crippen molar-refractivity contribution in [3.63, 3.8) is 0 Å². The second-order valence-corrected chi connectivity index (χ2v) is 4.46. The molecule has 0 unspecified atom stereocenters. The third kappa shape index (κ3) is 2.95. The van der Waals surface area contributed by atoms with Crippen molar-refractivity contribution in [2.75, 3.05) is 5.32 Å². The fraction of sp³-hybridized carbons (Fsp3) is 0.0833. The maximum Gasteiger partial charge on any atom is 0.147 e. The van der Waals surface area contributed by atoms with Crippen molar-refractivity contribution in [2.45, 2.75) is 6.54 Å². The first-order valence-electron chi connectivity index (χ1n) is 5.08. The number of anilines is 1. The first-order chi connectivity index (χ1) is 8.56. The first-order valence-corrected chi connectivity index (χ1v) is 5.88. The van der Waals surface area contributed by atoms with Gasteiger partial charge in [0.2, 0.25) is 0 Å². The number of aromatic nitrogens is 1. The topological polar surface area (TPSA) is 45.1 Å². The molecule has 1 aromatic carbocycles. The summed E-state index contributed by atoms with van der Waals surface area (Å²) >= 11 is 2.90. The Labute approximate surface area is 111 Å². The van der Waals surface area contributed by atoms with Crippen LogP contribution in [0.1, 0.15) is 5.69 Å². The molecule has 2 N–H and O–H groups in total. The molecule has 0 fully saturated rings. The third-order valence-corrected chi connectivity index (χ3v) is 2.89. The smallest absolute Gasteiger partial charge is 0.147 e. The van der Waals surface area contributed by atoms with Gasteiger partial charge in [-0.05, 0) is 34.1 Å². The van der Waals surface area contributed by atoms with Crippen LogP contribution in [0.5, 0.6) is 5.75 Å².